The third kappa shape index (κ3) is 13.6. The number of carbonyl (C=O) groups excluding carboxylic acids is 5. The molecule has 1 saturated heterocycles. The highest BCUT2D eigenvalue weighted by Crippen LogP contribution is 2.38. The number of fused-ring (bicyclic) bond motifs is 1. The second-order valence-electron chi connectivity index (χ2n) is 19.7. The van der Waals surface area contributed by atoms with E-state index < -0.39 is 86.2 Å². The van der Waals surface area contributed by atoms with E-state index in [9.17, 15) is 36.9 Å². The molecule has 4 heterocycles. The number of thiazole rings is 1. The summed E-state index contributed by atoms with van der Waals surface area (Å²) in [6.07, 6.45) is 2.96. The van der Waals surface area contributed by atoms with Crippen molar-refractivity contribution in [1.29, 1.82) is 0 Å². The van der Waals surface area contributed by atoms with Gasteiger partial charge >= 0.3 is 18.2 Å². The first-order valence-electron chi connectivity index (χ1n) is 21.3. The van der Waals surface area contributed by atoms with Gasteiger partial charge < -0.3 is 39.0 Å². The van der Waals surface area contributed by atoms with Crippen LogP contribution in [0.25, 0.3) is 11.1 Å². The number of carbonyl (C=O) groups is 5. The molecule has 1 fully saturated rings. The Morgan fingerprint density at radius 3 is 2.24 bits per heavy atom. The fraction of sp³-hybridized carbons (Fsp3) is 0.581. The van der Waals surface area contributed by atoms with E-state index in [-0.39, 0.29) is 17.2 Å². The van der Waals surface area contributed by atoms with Crippen LogP contribution in [0, 0.1) is 0 Å². The normalized spacial score (nSPS) is 18.3. The highest BCUT2D eigenvalue weighted by Gasteiger charge is 2.58. The fourth-order valence-corrected chi connectivity index (χ4v) is 7.96. The van der Waals surface area contributed by atoms with E-state index in [0.717, 1.165) is 28.0 Å². The largest absolute Gasteiger partial charge is 0.724 e. The van der Waals surface area contributed by atoms with Crippen LogP contribution in [0.4, 0.5) is 14.7 Å². The van der Waals surface area contributed by atoms with E-state index in [0.29, 0.717) is 36.7 Å². The molecule has 2 aliphatic heterocycles. The molecule has 5 rings (SSSR count). The zero-order chi connectivity index (χ0) is 50.1. The minimum Gasteiger partial charge on any atom is -0.724 e. The lowest BCUT2D eigenvalue weighted by Gasteiger charge is -2.51. The lowest BCUT2D eigenvalue weighted by molar-refractivity contribution is -0.753. The van der Waals surface area contributed by atoms with Crippen LogP contribution >= 0.6 is 11.3 Å². The number of hydrogen-bond acceptors (Lipinski definition) is 17. The third-order valence-corrected chi connectivity index (χ3v) is 11.1. The van der Waals surface area contributed by atoms with E-state index in [1.807, 2.05) is 40.9 Å². The molecular formula is C43H60N8O14S2. The van der Waals surface area contributed by atoms with Crippen LogP contribution in [-0.4, -0.2) is 110 Å². The maximum absolute atomic E-state index is 14.2. The molecule has 3 atom stereocenters. The molecule has 0 spiro atoms. The van der Waals surface area contributed by atoms with Crippen molar-refractivity contribution in [3.63, 3.8) is 0 Å². The summed E-state index contributed by atoms with van der Waals surface area (Å²) in [5, 5.41) is 13.6. The Kier molecular flexibility index (Phi) is 15.1. The summed E-state index contributed by atoms with van der Waals surface area (Å²) >= 11 is 0.898. The molecule has 24 heteroatoms. The number of oxime groups is 1. The Hall–Kier alpha value is -5.85. The lowest BCUT2D eigenvalue weighted by atomic mass is 9.84. The number of rotatable bonds is 15. The molecule has 2 aromatic heterocycles. The van der Waals surface area contributed by atoms with Crippen molar-refractivity contribution in [3.8, 4) is 16.9 Å². The fourth-order valence-electron chi connectivity index (χ4n) is 6.83. The topological polar surface area (TPSA) is 271 Å². The van der Waals surface area contributed by atoms with E-state index in [1.54, 1.807) is 68.4 Å². The number of amides is 4. The monoisotopic (exact) mass is 976 g/mol. The summed E-state index contributed by atoms with van der Waals surface area (Å²) < 4.78 is 65.2. The number of ether oxygens (including phenoxy) is 4. The summed E-state index contributed by atoms with van der Waals surface area (Å²) in [6.45, 7) is 20.6. The van der Waals surface area contributed by atoms with E-state index in [1.165, 1.54) is 26.2 Å². The van der Waals surface area contributed by atoms with Gasteiger partial charge in [-0.25, -0.2) is 27.8 Å². The molecule has 1 unspecified atom stereocenters. The van der Waals surface area contributed by atoms with Crippen LogP contribution in [0.3, 0.4) is 0 Å². The molecule has 0 aliphatic carbocycles. The number of anilines is 1. The Balaban J connectivity index is 1.41. The van der Waals surface area contributed by atoms with Gasteiger partial charge in [0.2, 0.25) is 16.6 Å². The van der Waals surface area contributed by atoms with Crippen molar-refractivity contribution in [1.82, 2.24) is 25.4 Å². The molecular weight excluding hydrogens is 917 g/mol. The number of nitrogens with zero attached hydrogens (tertiary/aromatic N) is 5. The molecule has 368 valence electrons. The van der Waals surface area contributed by atoms with Crippen molar-refractivity contribution in [2.75, 3.05) is 11.9 Å². The van der Waals surface area contributed by atoms with Crippen LogP contribution in [0.5, 0.6) is 5.75 Å². The Bertz CT molecular complexity index is 2520. The Morgan fingerprint density at radius 2 is 1.63 bits per heavy atom. The predicted octanol–water partition coefficient (Wildman–Crippen LogP) is 4.41. The maximum atomic E-state index is 14.2. The van der Waals surface area contributed by atoms with Gasteiger partial charge in [0.25, 0.3) is 17.4 Å². The summed E-state index contributed by atoms with van der Waals surface area (Å²) in [5.41, 5.74) is -4.04. The number of aromatic nitrogens is 3. The summed E-state index contributed by atoms with van der Waals surface area (Å²) in [4.78, 5) is 76.3. The average Bonchev–Trinajstić information content (AvgIpc) is 3.80. The van der Waals surface area contributed by atoms with Crippen molar-refractivity contribution < 1.29 is 69.7 Å². The van der Waals surface area contributed by atoms with Crippen molar-refractivity contribution >= 4 is 62.5 Å². The van der Waals surface area contributed by atoms with Gasteiger partial charge in [-0.2, -0.15) is 14.0 Å². The van der Waals surface area contributed by atoms with Crippen molar-refractivity contribution in [3.05, 3.63) is 47.2 Å². The summed E-state index contributed by atoms with van der Waals surface area (Å²) in [6, 6.07) is 4.23. The summed E-state index contributed by atoms with van der Waals surface area (Å²) in [7, 11) is -3.43. The van der Waals surface area contributed by atoms with Gasteiger partial charge in [0.05, 0.1) is 23.8 Å². The van der Waals surface area contributed by atoms with E-state index in [4.69, 9.17) is 23.8 Å². The van der Waals surface area contributed by atoms with Gasteiger partial charge in [-0.1, -0.05) is 11.2 Å². The maximum Gasteiger partial charge on any atom is 0.413 e. The first-order valence-corrected chi connectivity index (χ1v) is 23.5. The molecule has 0 bridgehead atoms. The molecule has 22 nitrogen and oxygen atoms in total. The highest BCUT2D eigenvalue weighted by molar-refractivity contribution is 7.80. The van der Waals surface area contributed by atoms with Gasteiger partial charge in [-0.15, -0.1) is 16.0 Å². The Labute approximate surface area is 393 Å². The molecule has 3 aromatic rings. The predicted molar refractivity (Wildman–Crippen MR) is 240 cm³/mol. The van der Waals surface area contributed by atoms with Crippen LogP contribution in [0.1, 0.15) is 107 Å². The molecule has 3 N–H and O–H groups in total. The zero-order valence-corrected chi connectivity index (χ0v) is 41.6. The minimum atomic E-state index is -5.34. The van der Waals surface area contributed by atoms with Crippen molar-refractivity contribution in [2.24, 2.45) is 12.2 Å². The average molecular weight is 977 g/mol. The lowest BCUT2D eigenvalue weighted by Crippen LogP contribution is -2.76. The van der Waals surface area contributed by atoms with Gasteiger partial charge in [0.1, 0.15) is 34.3 Å². The van der Waals surface area contributed by atoms with Gasteiger partial charge in [0, 0.05) is 11.9 Å². The number of hydrogen-bond donors (Lipinski definition) is 3. The van der Waals surface area contributed by atoms with Crippen LogP contribution in [-0.2, 0) is 68.1 Å². The number of aryl methyl sites for hydroxylation is 3. The van der Waals surface area contributed by atoms with Crippen molar-refractivity contribution in [2.45, 2.75) is 149 Å². The second kappa shape index (κ2) is 19.4. The number of esters is 1. The van der Waals surface area contributed by atoms with Crippen LogP contribution < -0.4 is 25.4 Å². The number of β-lactam (4-membered cyclic amide) rings is 1. The zero-order valence-electron chi connectivity index (χ0n) is 39.9. The van der Waals surface area contributed by atoms with Gasteiger partial charge in [0.15, 0.2) is 24.0 Å². The van der Waals surface area contributed by atoms with Gasteiger partial charge in [-0.3, -0.25) is 14.9 Å². The highest BCUT2D eigenvalue weighted by atomic mass is 32.3. The number of alkyl carbamates (subject to hydrolysis) is 1. The van der Waals surface area contributed by atoms with Crippen LogP contribution in [0.15, 0.2) is 41.1 Å². The smallest absolute Gasteiger partial charge is 0.413 e. The second-order valence-corrected chi connectivity index (χ2v) is 21.5. The Morgan fingerprint density at radius 1 is 0.985 bits per heavy atom. The molecule has 1 aromatic carbocycles. The standard InChI is InChI=1S/C43H60N8O14S2/c1-39(2,3)61-35(54)43(12,30-18-16-26-21-25(15-17-29(26)60-30)27-22-49(13)50(23-27)20-14-19-44-37(55)62-40(4,5)6)64-48-31(28-24-66-36(45-28)47-38(56)63-41(7,8)9)33(52)46-32-34(53)51(42(32,10)11)65-67(57,58)59/h15,17,21-24,30,32H,14,16,18-20H2,1-13H3,(H3-,44,45,46,47,52,55,56,57,58,59)/b48-31-/t30-,32-,43?/m1/s1. The molecule has 0 saturated carbocycles. The first-order chi connectivity index (χ1) is 30.7. The summed E-state index contributed by atoms with van der Waals surface area (Å²) in [5.74, 6) is -2.54. The SMILES string of the molecule is C[n+]1cc(-c2ccc3c(c2)CC[C@H](C(C)(O/N=C(\C(=O)N[C@@H]2C(=O)N(OS(=O)(=O)[O-])C2(C)C)c2csc(NC(=O)OC(C)(C)C)n2)C(=O)OC(C)(C)C)O3)cn1CCCNC(=O)OC(C)(C)C. The van der Waals surface area contributed by atoms with Gasteiger partial charge in [-0.05, 0) is 126 Å². The quantitative estimate of drug-likeness (QED) is 0.0219. The molecule has 0 radical (unpaired) electrons. The third-order valence-electron chi connectivity index (χ3n) is 10.0. The number of benzene rings is 1. The van der Waals surface area contributed by atoms with Crippen LogP contribution in [0.2, 0.25) is 0 Å². The molecule has 2 aliphatic rings. The van der Waals surface area contributed by atoms with E-state index >= 15 is 0 Å². The first kappa shape index (κ1) is 52.1. The minimum absolute atomic E-state index is 0.00978. The molecule has 4 amide bonds. The molecule has 67 heavy (non-hydrogen) atoms. The number of hydroxylamine groups is 2. The van der Waals surface area contributed by atoms with E-state index in [2.05, 4.69) is 30.4 Å². The number of nitrogens with one attached hydrogen (secondary N) is 3.